The molecule has 6 heteroatoms. The van der Waals surface area contributed by atoms with Gasteiger partial charge in [0.05, 0.1) is 5.92 Å². The largest absolute Gasteiger partial charge is 0.376 e. The van der Waals surface area contributed by atoms with Crippen molar-refractivity contribution < 1.29 is 9.90 Å². The molecule has 0 saturated carbocycles. The molecule has 0 aromatic carbocycles. The molecule has 0 spiro atoms. The van der Waals surface area contributed by atoms with E-state index in [-0.39, 0.29) is 17.1 Å². The Balaban J connectivity index is 2.25. The van der Waals surface area contributed by atoms with Gasteiger partial charge in [-0.05, 0) is 5.41 Å². The van der Waals surface area contributed by atoms with Gasteiger partial charge in [-0.2, -0.15) is 0 Å². The van der Waals surface area contributed by atoms with Crippen LogP contribution in [0.5, 0.6) is 0 Å². The molecular weight excluding hydrogens is 256 g/mol. The van der Waals surface area contributed by atoms with Crippen molar-refractivity contribution in [3.8, 4) is 0 Å². The minimum absolute atomic E-state index is 0.00556. The zero-order valence-corrected chi connectivity index (χ0v) is 9.30. The molecule has 3 atom stereocenters. The number of amides is 1. The van der Waals surface area contributed by atoms with E-state index >= 15 is 0 Å². The van der Waals surface area contributed by atoms with Crippen LogP contribution in [0, 0.1) is 5.92 Å². The number of rotatable bonds is 0. The van der Waals surface area contributed by atoms with Crippen LogP contribution in [0.2, 0.25) is 0 Å². The fourth-order valence-corrected chi connectivity index (χ4v) is 3.69. The van der Waals surface area contributed by atoms with Crippen molar-refractivity contribution in [2.45, 2.75) is 11.5 Å². The normalized spacial score (nSPS) is 39.0. The van der Waals surface area contributed by atoms with Gasteiger partial charge < -0.3 is 5.11 Å². The number of nitrogens with one attached hydrogen (secondary N) is 1. The second-order valence-corrected chi connectivity index (χ2v) is 4.99. The van der Waals surface area contributed by atoms with E-state index < -0.39 is 6.23 Å². The molecule has 13 heavy (non-hydrogen) atoms. The number of halogens is 1. The third kappa shape index (κ3) is 1.41. The molecule has 2 aliphatic rings. The van der Waals surface area contributed by atoms with E-state index in [0.29, 0.717) is 0 Å². The number of carbonyl (C=O) groups is 1. The molecule has 0 aliphatic carbocycles. The number of aliphatic hydroxyl groups is 1. The Morgan fingerprint density at radius 1 is 1.77 bits per heavy atom. The predicted octanol–water partition coefficient (Wildman–Crippen LogP) is 0.249. The number of aliphatic hydroxyl groups excluding tert-OH is 1. The van der Waals surface area contributed by atoms with E-state index in [4.69, 9.17) is 0 Å². The van der Waals surface area contributed by atoms with Crippen molar-refractivity contribution in [3.05, 3.63) is 9.89 Å². The summed E-state index contributed by atoms with van der Waals surface area (Å²) in [6.07, 6.45) is -0.687. The van der Waals surface area contributed by atoms with Gasteiger partial charge in [-0.25, -0.2) is 5.43 Å². The summed E-state index contributed by atoms with van der Waals surface area (Å²) in [6.45, 7) is 0. The molecule has 0 bridgehead atoms. The molecule has 1 fully saturated rings. The van der Waals surface area contributed by atoms with E-state index in [1.54, 1.807) is 7.05 Å². The Morgan fingerprint density at radius 3 is 3.15 bits per heavy atom. The average molecular weight is 265 g/mol. The molecule has 2 rings (SSSR count). The summed E-state index contributed by atoms with van der Waals surface area (Å²) in [6, 6.07) is 0. The van der Waals surface area contributed by atoms with Crippen molar-refractivity contribution in [1.29, 1.82) is 0 Å². The standard InChI is InChI=1S/C7H9BrN2O2S/c1-10-7(12)5-4(6(11)9-10)3(8)2-13-5/h2,4-6,9,11H,1H3. The van der Waals surface area contributed by atoms with Gasteiger partial charge in [-0.3, -0.25) is 9.80 Å². The maximum atomic E-state index is 11.6. The van der Waals surface area contributed by atoms with Crippen LogP contribution in [0.15, 0.2) is 9.89 Å². The third-order valence-corrected chi connectivity index (χ3v) is 4.45. The van der Waals surface area contributed by atoms with Crippen LogP contribution in [0.4, 0.5) is 0 Å². The van der Waals surface area contributed by atoms with Gasteiger partial charge in [0.1, 0.15) is 11.5 Å². The number of hydrogen-bond donors (Lipinski definition) is 2. The van der Waals surface area contributed by atoms with E-state index in [9.17, 15) is 9.90 Å². The van der Waals surface area contributed by atoms with Gasteiger partial charge in [0.15, 0.2) is 0 Å². The minimum atomic E-state index is -0.687. The number of hydrogen-bond acceptors (Lipinski definition) is 4. The Labute approximate surface area is 88.5 Å². The summed E-state index contributed by atoms with van der Waals surface area (Å²) in [5.41, 5.74) is 2.69. The van der Waals surface area contributed by atoms with Crippen molar-refractivity contribution >= 4 is 33.6 Å². The first-order chi connectivity index (χ1) is 6.11. The molecule has 1 saturated heterocycles. The molecule has 0 aromatic heterocycles. The fourth-order valence-electron chi connectivity index (χ4n) is 1.51. The van der Waals surface area contributed by atoms with E-state index in [1.165, 1.54) is 16.8 Å². The predicted molar refractivity (Wildman–Crippen MR) is 53.8 cm³/mol. The van der Waals surface area contributed by atoms with Crippen LogP contribution in [0.3, 0.4) is 0 Å². The lowest BCUT2D eigenvalue weighted by Gasteiger charge is -2.36. The number of nitrogens with zero attached hydrogens (tertiary/aromatic N) is 1. The molecule has 0 radical (unpaired) electrons. The maximum absolute atomic E-state index is 11.6. The topological polar surface area (TPSA) is 52.6 Å². The molecule has 2 heterocycles. The highest BCUT2D eigenvalue weighted by molar-refractivity contribution is 9.11. The summed E-state index contributed by atoms with van der Waals surface area (Å²) in [7, 11) is 1.62. The van der Waals surface area contributed by atoms with Crippen LogP contribution in [0.1, 0.15) is 0 Å². The molecule has 4 nitrogen and oxygen atoms in total. The minimum Gasteiger partial charge on any atom is -0.376 e. The first kappa shape index (κ1) is 9.51. The van der Waals surface area contributed by atoms with Crippen LogP contribution >= 0.6 is 27.7 Å². The second kappa shape index (κ2) is 3.27. The molecular formula is C7H9BrN2O2S. The van der Waals surface area contributed by atoms with Crippen LogP contribution in [-0.4, -0.2) is 34.5 Å². The van der Waals surface area contributed by atoms with Gasteiger partial charge in [-0.15, -0.1) is 11.8 Å². The molecule has 3 unspecified atom stereocenters. The highest BCUT2D eigenvalue weighted by Crippen LogP contribution is 2.42. The lowest BCUT2D eigenvalue weighted by Crippen LogP contribution is -2.59. The number of carbonyl (C=O) groups excluding carboxylic acids is 1. The lowest BCUT2D eigenvalue weighted by atomic mass is 10.0. The second-order valence-electron chi connectivity index (χ2n) is 3.06. The Morgan fingerprint density at radius 2 is 2.46 bits per heavy atom. The van der Waals surface area contributed by atoms with Crippen molar-refractivity contribution in [3.63, 3.8) is 0 Å². The quantitative estimate of drug-likeness (QED) is 0.659. The third-order valence-electron chi connectivity index (χ3n) is 2.21. The SMILES string of the molecule is CN1NC(O)C2C(Br)=CSC2C1=O. The summed E-state index contributed by atoms with van der Waals surface area (Å²) in [5, 5.41) is 12.7. The Hall–Kier alpha value is -0.0400. The smallest absolute Gasteiger partial charge is 0.250 e. The van der Waals surface area contributed by atoms with E-state index in [2.05, 4.69) is 21.4 Å². The summed E-state index contributed by atoms with van der Waals surface area (Å²) < 4.78 is 0.893. The van der Waals surface area contributed by atoms with Crippen molar-refractivity contribution in [1.82, 2.24) is 10.4 Å². The van der Waals surface area contributed by atoms with E-state index in [0.717, 1.165) is 4.48 Å². The van der Waals surface area contributed by atoms with Crippen LogP contribution in [-0.2, 0) is 4.79 Å². The lowest BCUT2D eigenvalue weighted by molar-refractivity contribution is -0.143. The average Bonchev–Trinajstić information content (AvgIpc) is 2.44. The van der Waals surface area contributed by atoms with Gasteiger partial charge in [0.2, 0.25) is 0 Å². The maximum Gasteiger partial charge on any atom is 0.250 e. The number of thioether (sulfide) groups is 1. The van der Waals surface area contributed by atoms with Crippen LogP contribution < -0.4 is 5.43 Å². The first-order valence-corrected chi connectivity index (χ1v) is 5.57. The van der Waals surface area contributed by atoms with Crippen LogP contribution in [0.25, 0.3) is 0 Å². The Bertz CT molecular complexity index is 284. The van der Waals surface area contributed by atoms with Crippen molar-refractivity contribution in [2.24, 2.45) is 5.92 Å². The zero-order chi connectivity index (χ0) is 9.59. The van der Waals surface area contributed by atoms with Gasteiger partial charge in [0, 0.05) is 11.5 Å². The summed E-state index contributed by atoms with van der Waals surface area (Å²) >= 11 is 4.79. The van der Waals surface area contributed by atoms with Crippen molar-refractivity contribution in [2.75, 3.05) is 7.05 Å². The highest BCUT2D eigenvalue weighted by Gasteiger charge is 2.45. The molecule has 2 N–H and O–H groups in total. The van der Waals surface area contributed by atoms with Gasteiger partial charge in [0.25, 0.3) is 5.91 Å². The van der Waals surface area contributed by atoms with E-state index in [1.807, 2.05) is 5.41 Å². The number of fused-ring (bicyclic) bond motifs is 1. The van der Waals surface area contributed by atoms with Gasteiger partial charge >= 0.3 is 0 Å². The monoisotopic (exact) mass is 264 g/mol. The molecule has 72 valence electrons. The number of hydrazine groups is 1. The molecule has 2 aliphatic heterocycles. The molecule has 1 amide bonds. The first-order valence-electron chi connectivity index (χ1n) is 3.84. The fraction of sp³-hybridized carbons (Fsp3) is 0.571. The summed E-state index contributed by atoms with van der Waals surface area (Å²) in [4.78, 5) is 11.6. The molecule has 0 aromatic rings. The van der Waals surface area contributed by atoms with Gasteiger partial charge in [-0.1, -0.05) is 15.9 Å². The zero-order valence-electron chi connectivity index (χ0n) is 6.90. The highest BCUT2D eigenvalue weighted by atomic mass is 79.9. The Kier molecular flexibility index (Phi) is 2.39. The summed E-state index contributed by atoms with van der Waals surface area (Å²) in [5.74, 6) is -0.139.